The number of fused-ring (bicyclic) bond motifs is 3. The number of pyridine rings is 1. The van der Waals surface area contributed by atoms with Crippen molar-refractivity contribution in [3.63, 3.8) is 0 Å². The van der Waals surface area contributed by atoms with E-state index in [2.05, 4.69) is 26.1 Å². The van der Waals surface area contributed by atoms with Crippen LogP contribution < -0.4 is 15.8 Å². The number of aliphatic hydroxyl groups excluding tert-OH is 1. The van der Waals surface area contributed by atoms with E-state index in [-0.39, 0.29) is 18.1 Å². The highest BCUT2D eigenvalue weighted by molar-refractivity contribution is 6.07. The Morgan fingerprint density at radius 2 is 1.95 bits per heavy atom. The van der Waals surface area contributed by atoms with Gasteiger partial charge in [-0.15, -0.1) is 0 Å². The Hall–Kier alpha value is -4.11. The molecule has 0 atom stereocenters. The average Bonchev–Trinajstić information content (AvgIpc) is 3.50. The quantitative estimate of drug-likeness (QED) is 0.389. The minimum absolute atomic E-state index is 0.0378. The van der Waals surface area contributed by atoms with E-state index in [1.54, 1.807) is 24.2 Å². The average molecular weight is 499 g/mol. The van der Waals surface area contributed by atoms with Crippen molar-refractivity contribution < 1.29 is 9.90 Å². The van der Waals surface area contributed by atoms with Gasteiger partial charge >= 0.3 is 0 Å². The van der Waals surface area contributed by atoms with Crippen LogP contribution in [0.2, 0.25) is 0 Å². The molecule has 0 spiro atoms. The molecule has 3 N–H and O–H groups in total. The van der Waals surface area contributed by atoms with E-state index in [0.29, 0.717) is 29.3 Å². The summed E-state index contributed by atoms with van der Waals surface area (Å²) in [7, 11) is 1.69. The van der Waals surface area contributed by atoms with Crippen molar-refractivity contribution in [3.8, 4) is 11.1 Å². The number of hydrogen-bond acceptors (Lipinski definition) is 5. The van der Waals surface area contributed by atoms with E-state index in [0.717, 1.165) is 41.9 Å². The van der Waals surface area contributed by atoms with Crippen LogP contribution in [0.3, 0.4) is 0 Å². The van der Waals surface area contributed by atoms with Crippen LogP contribution in [0.15, 0.2) is 47.4 Å². The van der Waals surface area contributed by atoms with E-state index in [1.807, 2.05) is 31.2 Å². The maximum atomic E-state index is 13.7. The number of aromatic nitrogens is 4. The van der Waals surface area contributed by atoms with Crippen molar-refractivity contribution >= 4 is 23.1 Å². The first kappa shape index (κ1) is 23.3. The monoisotopic (exact) mass is 498 g/mol. The van der Waals surface area contributed by atoms with Crippen LogP contribution in [-0.2, 0) is 33.0 Å². The Morgan fingerprint density at radius 3 is 2.73 bits per heavy atom. The molecule has 1 aliphatic heterocycles. The highest BCUT2D eigenvalue weighted by Gasteiger charge is 2.31. The third-order valence-electron chi connectivity index (χ3n) is 7.48. The van der Waals surface area contributed by atoms with Crippen LogP contribution >= 0.6 is 0 Å². The second-order valence-corrected chi connectivity index (χ2v) is 9.90. The lowest BCUT2D eigenvalue weighted by Crippen LogP contribution is -2.41. The molecule has 0 radical (unpaired) electrons. The molecule has 0 saturated carbocycles. The normalized spacial score (nSPS) is 15.0. The van der Waals surface area contributed by atoms with Crippen molar-refractivity contribution in [2.75, 3.05) is 16.8 Å². The summed E-state index contributed by atoms with van der Waals surface area (Å²) in [5.41, 5.74) is 7.27. The third-order valence-corrected chi connectivity index (χ3v) is 7.48. The summed E-state index contributed by atoms with van der Waals surface area (Å²) in [6.45, 7) is 2.93. The van der Waals surface area contributed by atoms with E-state index >= 15 is 0 Å². The largest absolute Gasteiger partial charge is 0.392 e. The Labute approximate surface area is 214 Å². The molecular weight excluding hydrogens is 468 g/mol. The lowest BCUT2D eigenvalue weighted by atomic mass is 9.98. The third kappa shape index (κ3) is 3.95. The number of nitrogens with zero attached hydrogens (tertiary/aromatic N) is 4. The molecule has 6 rings (SSSR count). The van der Waals surface area contributed by atoms with Gasteiger partial charge in [0, 0.05) is 54.9 Å². The van der Waals surface area contributed by atoms with Gasteiger partial charge in [-0.25, -0.2) is 0 Å². The molecule has 0 fully saturated rings. The fourth-order valence-corrected chi connectivity index (χ4v) is 5.70. The van der Waals surface area contributed by atoms with Gasteiger partial charge in [0.15, 0.2) is 5.82 Å². The number of carbonyl (C=O) groups is 1. The van der Waals surface area contributed by atoms with Crippen LogP contribution in [0.1, 0.15) is 45.8 Å². The zero-order valence-electron chi connectivity index (χ0n) is 21.0. The van der Waals surface area contributed by atoms with Gasteiger partial charge in [-0.3, -0.25) is 14.7 Å². The predicted molar refractivity (Wildman–Crippen MR) is 142 cm³/mol. The minimum atomic E-state index is -0.239. The summed E-state index contributed by atoms with van der Waals surface area (Å²) in [4.78, 5) is 28.3. The van der Waals surface area contributed by atoms with E-state index in [9.17, 15) is 14.7 Å². The Balaban J connectivity index is 1.39. The first-order valence-electron chi connectivity index (χ1n) is 12.7. The molecule has 3 aromatic heterocycles. The number of aliphatic hydroxyl groups is 1. The summed E-state index contributed by atoms with van der Waals surface area (Å²) in [5.74, 6) is 0.511. The molecule has 0 bridgehead atoms. The van der Waals surface area contributed by atoms with Crippen LogP contribution in [0, 0.1) is 6.92 Å². The Bertz CT molecular complexity index is 1580. The fraction of sp³-hybridized carbons (Fsp3) is 0.321. The Kier molecular flexibility index (Phi) is 5.72. The van der Waals surface area contributed by atoms with E-state index in [1.165, 1.54) is 28.7 Å². The molecule has 9 heteroatoms. The summed E-state index contributed by atoms with van der Waals surface area (Å²) in [6, 6.07) is 11.3. The summed E-state index contributed by atoms with van der Waals surface area (Å²) in [5, 5.41) is 20.6. The van der Waals surface area contributed by atoms with Gasteiger partial charge in [-0.1, -0.05) is 12.1 Å². The molecule has 37 heavy (non-hydrogen) atoms. The van der Waals surface area contributed by atoms with Crippen molar-refractivity contribution in [2.45, 2.75) is 45.8 Å². The van der Waals surface area contributed by atoms with Crippen LogP contribution in [0.25, 0.3) is 11.1 Å². The highest BCUT2D eigenvalue weighted by atomic mass is 16.3. The van der Waals surface area contributed by atoms with Crippen LogP contribution in [0.4, 0.5) is 17.2 Å². The summed E-state index contributed by atoms with van der Waals surface area (Å²) < 4.78 is 3.70. The standard InChI is InChI=1S/C28H30N6O3/c1-17-12-26(31-30-17)29-22-13-19(15-32(2)27(22)36)20-7-5-9-24(21(20)16-35)34-11-10-33-23-8-4-3-6-18(23)14-25(33)28(34)37/h5,7,9,12-15,35H,3-4,6,8,10-11,16H2,1-2H3,(H2,29,30,31). The van der Waals surface area contributed by atoms with Crippen LogP contribution in [-0.4, -0.2) is 36.9 Å². The molecule has 0 saturated heterocycles. The van der Waals surface area contributed by atoms with Gasteiger partial charge in [0.1, 0.15) is 11.4 Å². The van der Waals surface area contributed by atoms with Gasteiger partial charge in [0.25, 0.3) is 11.5 Å². The number of amides is 1. The molecule has 1 amide bonds. The SMILES string of the molecule is Cc1cc(Nc2cc(-c3cccc(N4CCn5c(cc6c5CCCC6)C4=O)c3CO)cn(C)c2=O)n[nH]1. The molecular formula is C28H30N6O3. The molecule has 1 aromatic carbocycles. The highest BCUT2D eigenvalue weighted by Crippen LogP contribution is 2.35. The molecule has 9 nitrogen and oxygen atoms in total. The zero-order valence-corrected chi connectivity index (χ0v) is 21.0. The predicted octanol–water partition coefficient (Wildman–Crippen LogP) is 3.66. The lowest BCUT2D eigenvalue weighted by molar-refractivity contribution is 0.0964. The second-order valence-electron chi connectivity index (χ2n) is 9.90. The number of nitrogens with one attached hydrogen (secondary N) is 2. The first-order chi connectivity index (χ1) is 17.9. The number of hydrogen-bond donors (Lipinski definition) is 3. The molecule has 4 heterocycles. The van der Waals surface area contributed by atoms with E-state index in [4.69, 9.17) is 0 Å². The van der Waals surface area contributed by atoms with Gasteiger partial charge in [0.2, 0.25) is 0 Å². The maximum Gasteiger partial charge on any atom is 0.274 e. The topological polar surface area (TPSA) is 108 Å². The first-order valence-corrected chi connectivity index (χ1v) is 12.7. The number of benzene rings is 1. The maximum absolute atomic E-state index is 13.7. The van der Waals surface area contributed by atoms with E-state index < -0.39 is 0 Å². The fourth-order valence-electron chi connectivity index (χ4n) is 5.70. The van der Waals surface area contributed by atoms with Crippen molar-refractivity contribution in [1.29, 1.82) is 0 Å². The smallest absolute Gasteiger partial charge is 0.274 e. The lowest BCUT2D eigenvalue weighted by Gasteiger charge is -2.31. The van der Waals surface area contributed by atoms with Gasteiger partial charge in [0.05, 0.1) is 12.3 Å². The van der Waals surface area contributed by atoms with Gasteiger partial charge in [-0.05, 0) is 61.9 Å². The molecule has 190 valence electrons. The second kappa shape index (κ2) is 9.08. The summed E-state index contributed by atoms with van der Waals surface area (Å²) in [6.07, 6.45) is 6.14. The number of aromatic amines is 1. The number of H-pyrrole nitrogens is 1. The number of aryl methyl sites for hydroxylation is 3. The zero-order chi connectivity index (χ0) is 25.7. The molecule has 1 aliphatic carbocycles. The number of carbonyl (C=O) groups excluding carboxylic acids is 1. The number of rotatable bonds is 5. The van der Waals surface area contributed by atoms with Crippen molar-refractivity contribution in [2.24, 2.45) is 7.05 Å². The molecule has 4 aromatic rings. The van der Waals surface area contributed by atoms with Crippen molar-refractivity contribution in [1.82, 2.24) is 19.3 Å². The Morgan fingerprint density at radius 1 is 1.11 bits per heavy atom. The molecule has 0 unspecified atom stereocenters. The number of anilines is 3. The molecule has 2 aliphatic rings. The summed E-state index contributed by atoms with van der Waals surface area (Å²) >= 11 is 0. The van der Waals surface area contributed by atoms with Crippen molar-refractivity contribution in [3.05, 3.63) is 81.2 Å². The van der Waals surface area contributed by atoms with Crippen LogP contribution in [0.5, 0.6) is 0 Å². The van der Waals surface area contributed by atoms with Gasteiger partial charge < -0.3 is 24.5 Å². The van der Waals surface area contributed by atoms with Gasteiger partial charge in [-0.2, -0.15) is 5.10 Å². The minimum Gasteiger partial charge on any atom is -0.392 e.